The van der Waals surface area contributed by atoms with E-state index in [4.69, 9.17) is 5.84 Å². The second-order valence-electron chi connectivity index (χ2n) is 3.78. The number of anilines is 2. The maximum absolute atomic E-state index is 5.25. The number of nitrogen functional groups attached to an aromatic ring is 1. The number of hydrogen-bond acceptors (Lipinski definition) is 5. The van der Waals surface area contributed by atoms with Crippen LogP contribution in [0.4, 0.5) is 11.8 Å². The predicted octanol–water partition coefficient (Wildman–Crippen LogP) is 1.24. The molecule has 5 heteroatoms. The summed E-state index contributed by atoms with van der Waals surface area (Å²) in [6.07, 6.45) is 2.86. The van der Waals surface area contributed by atoms with Crippen molar-refractivity contribution in [2.75, 3.05) is 23.9 Å². The van der Waals surface area contributed by atoms with Gasteiger partial charge in [0.25, 0.3) is 0 Å². The van der Waals surface area contributed by atoms with Crippen LogP contribution < -0.4 is 16.2 Å². The minimum atomic E-state index is 0.448. The molecule has 0 amide bonds. The van der Waals surface area contributed by atoms with Gasteiger partial charge in [0.2, 0.25) is 5.95 Å². The van der Waals surface area contributed by atoms with Crippen LogP contribution in [-0.2, 0) is 0 Å². The molecule has 1 rings (SSSR count). The highest BCUT2D eigenvalue weighted by atomic mass is 15.3. The molecule has 0 fully saturated rings. The van der Waals surface area contributed by atoms with Crippen LogP contribution in [0, 0.1) is 5.92 Å². The molecule has 0 saturated carbocycles. The SMILES string of the molecule is CCC(C)CN(C)c1ccnc(NN)n1. The van der Waals surface area contributed by atoms with Gasteiger partial charge in [-0.15, -0.1) is 0 Å². The third kappa shape index (κ3) is 3.36. The van der Waals surface area contributed by atoms with Gasteiger partial charge in [0.05, 0.1) is 0 Å². The lowest BCUT2D eigenvalue weighted by molar-refractivity contribution is 0.557. The largest absolute Gasteiger partial charge is 0.359 e. The summed E-state index contributed by atoms with van der Waals surface area (Å²) in [5.74, 6) is 7.24. The molecule has 1 atom stereocenters. The van der Waals surface area contributed by atoms with E-state index in [1.54, 1.807) is 6.20 Å². The molecule has 15 heavy (non-hydrogen) atoms. The van der Waals surface area contributed by atoms with E-state index in [9.17, 15) is 0 Å². The van der Waals surface area contributed by atoms with Crippen LogP contribution in [0.5, 0.6) is 0 Å². The highest BCUT2D eigenvalue weighted by Crippen LogP contribution is 2.12. The van der Waals surface area contributed by atoms with Crippen molar-refractivity contribution >= 4 is 11.8 Å². The molecule has 0 aliphatic heterocycles. The molecule has 0 spiro atoms. The first-order valence-corrected chi connectivity index (χ1v) is 5.18. The summed E-state index contributed by atoms with van der Waals surface area (Å²) in [6, 6.07) is 1.88. The fourth-order valence-electron chi connectivity index (χ4n) is 1.32. The van der Waals surface area contributed by atoms with Gasteiger partial charge in [-0.3, -0.25) is 5.43 Å². The van der Waals surface area contributed by atoms with E-state index in [1.165, 1.54) is 0 Å². The first-order valence-electron chi connectivity index (χ1n) is 5.18. The molecule has 1 aromatic rings. The second kappa shape index (κ2) is 5.50. The van der Waals surface area contributed by atoms with Crippen LogP contribution in [-0.4, -0.2) is 23.6 Å². The Hall–Kier alpha value is -1.36. The molecule has 1 heterocycles. The van der Waals surface area contributed by atoms with E-state index >= 15 is 0 Å². The first kappa shape index (κ1) is 11.7. The minimum absolute atomic E-state index is 0.448. The third-order valence-corrected chi connectivity index (χ3v) is 2.44. The number of hydrazine groups is 1. The summed E-state index contributed by atoms with van der Waals surface area (Å²) in [7, 11) is 2.02. The van der Waals surface area contributed by atoms with Gasteiger partial charge >= 0.3 is 0 Å². The Bertz CT molecular complexity index is 302. The molecule has 0 aliphatic carbocycles. The number of nitrogens with one attached hydrogen (secondary N) is 1. The van der Waals surface area contributed by atoms with Crippen molar-refractivity contribution in [1.82, 2.24) is 9.97 Å². The van der Waals surface area contributed by atoms with Crippen LogP contribution in [0.3, 0.4) is 0 Å². The van der Waals surface area contributed by atoms with Crippen molar-refractivity contribution in [3.05, 3.63) is 12.3 Å². The van der Waals surface area contributed by atoms with Crippen molar-refractivity contribution in [3.63, 3.8) is 0 Å². The topological polar surface area (TPSA) is 67.1 Å². The Balaban J connectivity index is 2.68. The average molecular weight is 209 g/mol. The van der Waals surface area contributed by atoms with E-state index in [0.29, 0.717) is 11.9 Å². The van der Waals surface area contributed by atoms with Crippen molar-refractivity contribution < 1.29 is 0 Å². The fraction of sp³-hybridized carbons (Fsp3) is 0.600. The van der Waals surface area contributed by atoms with Crippen molar-refractivity contribution in [2.24, 2.45) is 11.8 Å². The van der Waals surface area contributed by atoms with Crippen LogP contribution in [0.2, 0.25) is 0 Å². The summed E-state index contributed by atoms with van der Waals surface area (Å²) in [5.41, 5.74) is 2.44. The minimum Gasteiger partial charge on any atom is -0.359 e. The molecular formula is C10H19N5. The molecular weight excluding hydrogens is 190 g/mol. The lowest BCUT2D eigenvalue weighted by Crippen LogP contribution is -2.25. The summed E-state index contributed by atoms with van der Waals surface area (Å²) in [6.45, 7) is 5.39. The lowest BCUT2D eigenvalue weighted by atomic mass is 10.1. The maximum atomic E-state index is 5.25. The molecule has 0 saturated heterocycles. The zero-order valence-electron chi connectivity index (χ0n) is 9.57. The van der Waals surface area contributed by atoms with Crippen molar-refractivity contribution in [3.8, 4) is 0 Å². The van der Waals surface area contributed by atoms with Gasteiger partial charge in [0.15, 0.2) is 0 Å². The summed E-state index contributed by atoms with van der Waals surface area (Å²) >= 11 is 0. The van der Waals surface area contributed by atoms with Gasteiger partial charge < -0.3 is 4.90 Å². The van der Waals surface area contributed by atoms with Crippen LogP contribution >= 0.6 is 0 Å². The smallest absolute Gasteiger partial charge is 0.239 e. The third-order valence-electron chi connectivity index (χ3n) is 2.44. The number of hydrogen-bond donors (Lipinski definition) is 2. The van der Waals surface area contributed by atoms with Gasteiger partial charge in [-0.1, -0.05) is 20.3 Å². The molecule has 84 valence electrons. The van der Waals surface area contributed by atoms with Crippen LogP contribution in [0.1, 0.15) is 20.3 Å². The number of nitrogens with zero attached hydrogens (tertiary/aromatic N) is 3. The molecule has 3 N–H and O–H groups in total. The molecule has 0 radical (unpaired) electrons. The lowest BCUT2D eigenvalue weighted by Gasteiger charge is -2.21. The second-order valence-corrected chi connectivity index (χ2v) is 3.78. The van der Waals surface area contributed by atoms with Gasteiger partial charge in [-0.25, -0.2) is 10.8 Å². The van der Waals surface area contributed by atoms with Gasteiger partial charge in [-0.2, -0.15) is 4.98 Å². The maximum Gasteiger partial charge on any atom is 0.239 e. The molecule has 1 aromatic heterocycles. The number of rotatable bonds is 5. The van der Waals surface area contributed by atoms with Crippen LogP contribution in [0.15, 0.2) is 12.3 Å². The van der Waals surface area contributed by atoms with E-state index in [-0.39, 0.29) is 0 Å². The zero-order chi connectivity index (χ0) is 11.3. The fourth-order valence-corrected chi connectivity index (χ4v) is 1.32. The molecule has 1 unspecified atom stereocenters. The summed E-state index contributed by atoms with van der Waals surface area (Å²) < 4.78 is 0. The quantitative estimate of drug-likeness (QED) is 0.564. The Morgan fingerprint density at radius 1 is 1.60 bits per heavy atom. The van der Waals surface area contributed by atoms with Gasteiger partial charge in [-0.05, 0) is 12.0 Å². The summed E-state index contributed by atoms with van der Waals surface area (Å²) in [5, 5.41) is 0. The van der Waals surface area contributed by atoms with E-state index < -0.39 is 0 Å². The van der Waals surface area contributed by atoms with E-state index in [2.05, 4.69) is 34.1 Å². The van der Waals surface area contributed by atoms with E-state index in [0.717, 1.165) is 18.8 Å². The molecule has 0 aliphatic rings. The number of aromatic nitrogens is 2. The van der Waals surface area contributed by atoms with Gasteiger partial charge in [0.1, 0.15) is 5.82 Å². The average Bonchev–Trinajstić information content (AvgIpc) is 2.28. The highest BCUT2D eigenvalue weighted by Gasteiger charge is 2.07. The van der Waals surface area contributed by atoms with Crippen molar-refractivity contribution in [2.45, 2.75) is 20.3 Å². The predicted molar refractivity (Wildman–Crippen MR) is 62.6 cm³/mol. The van der Waals surface area contributed by atoms with Gasteiger partial charge in [0, 0.05) is 19.8 Å². The van der Waals surface area contributed by atoms with E-state index in [1.807, 2.05) is 13.1 Å². The zero-order valence-corrected chi connectivity index (χ0v) is 9.57. The Labute approximate surface area is 90.7 Å². The molecule has 5 nitrogen and oxygen atoms in total. The van der Waals surface area contributed by atoms with Crippen LogP contribution in [0.25, 0.3) is 0 Å². The summed E-state index contributed by atoms with van der Waals surface area (Å²) in [4.78, 5) is 10.3. The molecule has 0 aromatic carbocycles. The molecule has 0 bridgehead atoms. The van der Waals surface area contributed by atoms with Crippen molar-refractivity contribution in [1.29, 1.82) is 0 Å². The Morgan fingerprint density at radius 2 is 2.33 bits per heavy atom. The Morgan fingerprint density at radius 3 is 2.93 bits per heavy atom. The highest BCUT2D eigenvalue weighted by molar-refractivity contribution is 5.41. The first-order chi connectivity index (χ1) is 7.17. The standard InChI is InChI=1S/C10H19N5/c1-4-8(2)7-15(3)9-5-6-12-10(13-9)14-11/h5-6,8H,4,7,11H2,1-3H3,(H,12,13,14). The monoisotopic (exact) mass is 209 g/mol. The normalized spacial score (nSPS) is 12.3. The number of nitrogens with two attached hydrogens (primary N) is 1. The Kier molecular flexibility index (Phi) is 4.30.